The molecule has 3 N–H and O–H groups in total. The average Bonchev–Trinajstić information content (AvgIpc) is 2.86. The molecule has 0 radical (unpaired) electrons. The highest BCUT2D eigenvalue weighted by atomic mass is 16.2. The Morgan fingerprint density at radius 3 is 3.04 bits per heavy atom. The molecule has 1 aromatic carbocycles. The molecule has 122 valence electrons. The van der Waals surface area contributed by atoms with Crippen LogP contribution in [0, 0.1) is 5.92 Å². The molecule has 1 amide bonds. The lowest BCUT2D eigenvalue weighted by Gasteiger charge is -2.25. The molecule has 1 aliphatic heterocycles. The zero-order valence-corrected chi connectivity index (χ0v) is 13.9. The standard InChI is InChI=1S/C19H25N3O/c1-4-8-20-19(23)17-10-13-11-21-15-7-5-6-14(18(13)15)16(22-17)9-12(2)3/h4-7,11-12,16-17,21-22H,1,8-10H2,2-3H3,(H,20,23)/t16-,17-/m0/s1. The molecule has 0 spiro atoms. The summed E-state index contributed by atoms with van der Waals surface area (Å²) in [6.07, 6.45) is 5.47. The molecule has 2 atom stereocenters. The Bertz CT molecular complexity index is 716. The first-order valence-corrected chi connectivity index (χ1v) is 8.33. The topological polar surface area (TPSA) is 56.9 Å². The fraction of sp³-hybridized carbons (Fsp3) is 0.421. The van der Waals surface area contributed by atoms with Crippen LogP contribution in [-0.4, -0.2) is 23.5 Å². The molecule has 4 heteroatoms. The summed E-state index contributed by atoms with van der Waals surface area (Å²) in [5.41, 5.74) is 3.67. The van der Waals surface area contributed by atoms with Crippen LogP contribution in [0.5, 0.6) is 0 Å². The normalized spacial score (nSPS) is 20.5. The maximum Gasteiger partial charge on any atom is 0.237 e. The predicted molar refractivity (Wildman–Crippen MR) is 94.3 cm³/mol. The number of amides is 1. The van der Waals surface area contributed by atoms with Crippen molar-refractivity contribution in [3.05, 3.63) is 48.2 Å². The molecular formula is C19H25N3O. The zero-order chi connectivity index (χ0) is 16.4. The van der Waals surface area contributed by atoms with Gasteiger partial charge in [-0.15, -0.1) is 6.58 Å². The Kier molecular flexibility index (Phi) is 4.53. The van der Waals surface area contributed by atoms with Crippen molar-refractivity contribution in [3.63, 3.8) is 0 Å². The lowest BCUT2D eigenvalue weighted by Crippen LogP contribution is -2.46. The van der Waals surface area contributed by atoms with Gasteiger partial charge in [-0.3, -0.25) is 10.1 Å². The van der Waals surface area contributed by atoms with E-state index in [0.717, 1.165) is 11.9 Å². The average molecular weight is 311 g/mol. The van der Waals surface area contributed by atoms with E-state index < -0.39 is 0 Å². The number of hydrogen-bond acceptors (Lipinski definition) is 2. The Morgan fingerprint density at radius 1 is 1.48 bits per heavy atom. The summed E-state index contributed by atoms with van der Waals surface area (Å²) >= 11 is 0. The molecule has 3 rings (SSSR count). The number of aromatic amines is 1. The van der Waals surface area contributed by atoms with Gasteiger partial charge in [-0.05, 0) is 36.0 Å². The molecule has 0 bridgehead atoms. The molecular weight excluding hydrogens is 286 g/mol. The summed E-state index contributed by atoms with van der Waals surface area (Å²) in [4.78, 5) is 15.9. The zero-order valence-electron chi connectivity index (χ0n) is 13.9. The first-order valence-electron chi connectivity index (χ1n) is 8.33. The monoisotopic (exact) mass is 311 g/mol. The summed E-state index contributed by atoms with van der Waals surface area (Å²) in [5.74, 6) is 0.598. The number of hydrogen-bond donors (Lipinski definition) is 3. The van der Waals surface area contributed by atoms with Crippen LogP contribution in [0.15, 0.2) is 37.1 Å². The van der Waals surface area contributed by atoms with Crippen LogP contribution >= 0.6 is 0 Å². The molecule has 2 heterocycles. The van der Waals surface area contributed by atoms with E-state index in [1.54, 1.807) is 6.08 Å². The summed E-state index contributed by atoms with van der Waals surface area (Å²) in [7, 11) is 0. The molecule has 1 aliphatic rings. The van der Waals surface area contributed by atoms with Gasteiger partial charge in [-0.25, -0.2) is 0 Å². The Balaban J connectivity index is 1.98. The van der Waals surface area contributed by atoms with Crippen LogP contribution in [0.1, 0.15) is 37.4 Å². The highest BCUT2D eigenvalue weighted by Crippen LogP contribution is 2.34. The second kappa shape index (κ2) is 6.59. The number of H-pyrrole nitrogens is 1. The lowest BCUT2D eigenvalue weighted by atomic mass is 9.94. The quantitative estimate of drug-likeness (QED) is 0.743. The smallest absolute Gasteiger partial charge is 0.237 e. The van der Waals surface area contributed by atoms with Crippen molar-refractivity contribution in [1.82, 2.24) is 15.6 Å². The first kappa shape index (κ1) is 15.8. The van der Waals surface area contributed by atoms with Crippen molar-refractivity contribution in [3.8, 4) is 0 Å². The number of nitrogens with one attached hydrogen (secondary N) is 3. The minimum Gasteiger partial charge on any atom is -0.361 e. The Hall–Kier alpha value is -2.07. The third kappa shape index (κ3) is 3.17. The summed E-state index contributed by atoms with van der Waals surface area (Å²) in [6, 6.07) is 6.35. The van der Waals surface area contributed by atoms with Crippen LogP contribution < -0.4 is 10.6 Å². The molecule has 0 unspecified atom stereocenters. The summed E-state index contributed by atoms with van der Waals surface area (Å²) in [5, 5.41) is 7.80. The number of benzene rings is 1. The second-order valence-corrected chi connectivity index (χ2v) is 6.72. The van der Waals surface area contributed by atoms with Crippen LogP contribution in [0.3, 0.4) is 0 Å². The summed E-state index contributed by atoms with van der Waals surface area (Å²) < 4.78 is 0. The van der Waals surface area contributed by atoms with Gasteiger partial charge in [0, 0.05) is 29.7 Å². The fourth-order valence-corrected chi connectivity index (χ4v) is 3.48. The van der Waals surface area contributed by atoms with E-state index in [4.69, 9.17) is 0 Å². The van der Waals surface area contributed by atoms with E-state index in [0.29, 0.717) is 18.9 Å². The number of aromatic nitrogens is 1. The molecule has 0 saturated carbocycles. The maximum absolute atomic E-state index is 12.5. The van der Waals surface area contributed by atoms with Crippen molar-refractivity contribution in [2.45, 2.75) is 38.8 Å². The van der Waals surface area contributed by atoms with Crippen LogP contribution in [-0.2, 0) is 11.2 Å². The first-order chi connectivity index (χ1) is 11.1. The molecule has 4 nitrogen and oxygen atoms in total. The van der Waals surface area contributed by atoms with Gasteiger partial charge in [0.15, 0.2) is 0 Å². The van der Waals surface area contributed by atoms with Crippen molar-refractivity contribution >= 4 is 16.8 Å². The van der Waals surface area contributed by atoms with Crippen molar-refractivity contribution in [2.24, 2.45) is 5.92 Å². The SMILES string of the molecule is C=CCNC(=O)[C@@H]1Cc2c[nH]c3cccc(c23)[C@H](CC(C)C)N1. The predicted octanol–water partition coefficient (Wildman–Crippen LogP) is 3.07. The van der Waals surface area contributed by atoms with E-state index in [1.165, 1.54) is 16.5 Å². The van der Waals surface area contributed by atoms with Crippen molar-refractivity contribution < 1.29 is 4.79 Å². The number of carbonyl (C=O) groups is 1. The van der Waals surface area contributed by atoms with E-state index in [2.05, 4.69) is 54.2 Å². The van der Waals surface area contributed by atoms with Crippen molar-refractivity contribution in [2.75, 3.05) is 6.54 Å². The van der Waals surface area contributed by atoms with Gasteiger partial charge in [0.2, 0.25) is 5.91 Å². The van der Waals surface area contributed by atoms with Crippen LogP contribution in [0.25, 0.3) is 10.9 Å². The molecule has 0 aliphatic carbocycles. The second-order valence-electron chi connectivity index (χ2n) is 6.72. The minimum absolute atomic E-state index is 0.0424. The molecule has 2 aromatic rings. The highest BCUT2D eigenvalue weighted by Gasteiger charge is 2.29. The molecule has 0 fully saturated rings. The highest BCUT2D eigenvalue weighted by molar-refractivity contribution is 5.90. The largest absolute Gasteiger partial charge is 0.361 e. The fourth-order valence-electron chi connectivity index (χ4n) is 3.48. The van der Waals surface area contributed by atoms with E-state index in [-0.39, 0.29) is 18.0 Å². The van der Waals surface area contributed by atoms with E-state index >= 15 is 0 Å². The van der Waals surface area contributed by atoms with Gasteiger partial charge in [0.25, 0.3) is 0 Å². The third-order valence-corrected chi connectivity index (χ3v) is 4.47. The summed E-state index contributed by atoms with van der Waals surface area (Å²) in [6.45, 7) is 8.61. The van der Waals surface area contributed by atoms with Gasteiger partial charge >= 0.3 is 0 Å². The van der Waals surface area contributed by atoms with Gasteiger partial charge in [-0.2, -0.15) is 0 Å². The Labute approximate surface area is 137 Å². The molecule has 23 heavy (non-hydrogen) atoms. The van der Waals surface area contributed by atoms with Crippen LogP contribution in [0.4, 0.5) is 0 Å². The van der Waals surface area contributed by atoms with Gasteiger partial charge in [0.1, 0.15) is 0 Å². The molecule has 0 saturated heterocycles. The third-order valence-electron chi connectivity index (χ3n) is 4.47. The maximum atomic E-state index is 12.5. The van der Waals surface area contributed by atoms with Gasteiger partial charge < -0.3 is 10.3 Å². The number of rotatable bonds is 5. The number of carbonyl (C=O) groups excluding carboxylic acids is 1. The molecule has 1 aromatic heterocycles. The van der Waals surface area contributed by atoms with Crippen molar-refractivity contribution in [1.29, 1.82) is 0 Å². The van der Waals surface area contributed by atoms with Gasteiger partial charge in [-0.1, -0.05) is 32.1 Å². The van der Waals surface area contributed by atoms with E-state index in [1.807, 2.05) is 6.20 Å². The van der Waals surface area contributed by atoms with Crippen LogP contribution in [0.2, 0.25) is 0 Å². The lowest BCUT2D eigenvalue weighted by molar-refractivity contribution is -0.123. The Morgan fingerprint density at radius 2 is 2.30 bits per heavy atom. The minimum atomic E-state index is -0.218. The van der Waals surface area contributed by atoms with Gasteiger partial charge in [0.05, 0.1) is 6.04 Å². The van der Waals surface area contributed by atoms with E-state index in [9.17, 15) is 4.79 Å².